The Labute approximate surface area is 139 Å². The van der Waals surface area contributed by atoms with Crippen molar-refractivity contribution in [1.29, 1.82) is 0 Å². The van der Waals surface area contributed by atoms with Crippen molar-refractivity contribution in [3.8, 4) is 11.3 Å². The van der Waals surface area contributed by atoms with Gasteiger partial charge in [0, 0.05) is 17.1 Å². The second kappa shape index (κ2) is 8.17. The zero-order valence-electron chi connectivity index (χ0n) is 13.1. The number of benzene rings is 1. The maximum absolute atomic E-state index is 13.1. The molecule has 0 fully saturated rings. The third kappa shape index (κ3) is 5.41. The predicted molar refractivity (Wildman–Crippen MR) is 89.1 cm³/mol. The Bertz CT molecular complexity index is 632. The molecule has 0 aliphatic rings. The summed E-state index contributed by atoms with van der Waals surface area (Å²) in [6.07, 6.45) is -1.78. The first-order valence-corrected chi connectivity index (χ1v) is 7.65. The van der Waals surface area contributed by atoms with E-state index in [4.69, 9.17) is 11.6 Å². The Hall–Kier alpha value is -1.79. The molecule has 0 amide bonds. The van der Waals surface area contributed by atoms with Gasteiger partial charge in [0.2, 0.25) is 5.95 Å². The van der Waals surface area contributed by atoms with E-state index in [1.165, 1.54) is 6.07 Å². The normalized spacial score (nSPS) is 11.3. The van der Waals surface area contributed by atoms with E-state index in [0.29, 0.717) is 17.3 Å². The SMILES string of the molecule is CN(C)CCCNc1nc(-c2ccc(Cl)cc2)cc(C(F)F)n1. The molecule has 0 saturated heterocycles. The Balaban J connectivity index is 2.19. The number of rotatable bonds is 7. The number of halogens is 3. The Morgan fingerprint density at radius 3 is 2.48 bits per heavy atom. The summed E-state index contributed by atoms with van der Waals surface area (Å²) < 4.78 is 26.1. The average molecular weight is 341 g/mol. The van der Waals surface area contributed by atoms with Crippen LogP contribution in [-0.2, 0) is 0 Å². The molecule has 2 rings (SSSR count). The second-order valence-corrected chi connectivity index (χ2v) is 5.83. The molecule has 0 aliphatic heterocycles. The Morgan fingerprint density at radius 1 is 1.17 bits per heavy atom. The zero-order chi connectivity index (χ0) is 16.8. The van der Waals surface area contributed by atoms with Gasteiger partial charge in [0.25, 0.3) is 6.43 Å². The molecule has 1 aromatic heterocycles. The Kier molecular flexibility index (Phi) is 6.24. The van der Waals surface area contributed by atoms with Crippen molar-refractivity contribution < 1.29 is 8.78 Å². The minimum absolute atomic E-state index is 0.214. The molecule has 124 valence electrons. The lowest BCUT2D eigenvalue weighted by molar-refractivity contribution is 0.146. The number of hydrogen-bond donors (Lipinski definition) is 1. The summed E-state index contributed by atoms with van der Waals surface area (Å²) in [6.45, 7) is 1.51. The van der Waals surface area contributed by atoms with Crippen LogP contribution in [0.15, 0.2) is 30.3 Å². The van der Waals surface area contributed by atoms with E-state index in [9.17, 15) is 8.78 Å². The van der Waals surface area contributed by atoms with Crippen LogP contribution < -0.4 is 5.32 Å². The van der Waals surface area contributed by atoms with Crippen LogP contribution in [0.4, 0.5) is 14.7 Å². The summed E-state index contributed by atoms with van der Waals surface area (Å²) in [5, 5.41) is 3.59. The van der Waals surface area contributed by atoms with Crippen LogP contribution in [0.2, 0.25) is 5.02 Å². The van der Waals surface area contributed by atoms with Gasteiger partial charge < -0.3 is 10.2 Å². The largest absolute Gasteiger partial charge is 0.354 e. The van der Waals surface area contributed by atoms with Crippen molar-refractivity contribution in [3.63, 3.8) is 0 Å². The minimum atomic E-state index is -2.65. The van der Waals surface area contributed by atoms with E-state index < -0.39 is 6.43 Å². The number of alkyl halides is 2. The monoisotopic (exact) mass is 340 g/mol. The average Bonchev–Trinajstić information content (AvgIpc) is 2.52. The lowest BCUT2D eigenvalue weighted by Crippen LogP contribution is -2.17. The van der Waals surface area contributed by atoms with Crippen LogP contribution in [-0.4, -0.2) is 42.1 Å². The standard InChI is InChI=1S/C16H19ClF2N4/c1-23(2)9-3-8-20-16-21-13(10-14(22-16)15(18)19)11-4-6-12(17)7-5-11/h4-7,10,15H,3,8-9H2,1-2H3,(H,20,21,22). The van der Waals surface area contributed by atoms with Crippen LogP contribution in [0.1, 0.15) is 18.5 Å². The molecule has 4 nitrogen and oxygen atoms in total. The summed E-state index contributed by atoms with van der Waals surface area (Å²) in [4.78, 5) is 10.3. The number of nitrogens with one attached hydrogen (secondary N) is 1. The smallest absolute Gasteiger partial charge is 0.280 e. The lowest BCUT2D eigenvalue weighted by Gasteiger charge is -2.12. The molecular formula is C16H19ClF2N4. The highest BCUT2D eigenvalue weighted by atomic mass is 35.5. The van der Waals surface area contributed by atoms with E-state index in [1.807, 2.05) is 14.1 Å². The number of nitrogens with zero attached hydrogens (tertiary/aromatic N) is 3. The van der Waals surface area contributed by atoms with Crippen molar-refractivity contribution in [3.05, 3.63) is 41.0 Å². The van der Waals surface area contributed by atoms with Gasteiger partial charge in [-0.25, -0.2) is 18.7 Å². The van der Waals surface area contributed by atoms with Gasteiger partial charge in [-0.3, -0.25) is 0 Å². The van der Waals surface area contributed by atoms with Gasteiger partial charge in [0.1, 0.15) is 5.69 Å². The van der Waals surface area contributed by atoms with Crippen LogP contribution in [0.25, 0.3) is 11.3 Å². The fraction of sp³-hybridized carbons (Fsp3) is 0.375. The second-order valence-electron chi connectivity index (χ2n) is 5.39. The van der Waals surface area contributed by atoms with Gasteiger partial charge in [-0.1, -0.05) is 23.7 Å². The number of hydrogen-bond acceptors (Lipinski definition) is 4. The molecular weight excluding hydrogens is 322 g/mol. The lowest BCUT2D eigenvalue weighted by atomic mass is 10.1. The molecule has 23 heavy (non-hydrogen) atoms. The molecule has 1 heterocycles. The topological polar surface area (TPSA) is 41.0 Å². The summed E-state index contributed by atoms with van der Waals surface area (Å²) in [7, 11) is 3.96. The van der Waals surface area contributed by atoms with E-state index in [-0.39, 0.29) is 11.6 Å². The van der Waals surface area contributed by atoms with E-state index >= 15 is 0 Å². The van der Waals surface area contributed by atoms with E-state index in [1.54, 1.807) is 24.3 Å². The van der Waals surface area contributed by atoms with Gasteiger partial charge in [-0.15, -0.1) is 0 Å². The van der Waals surface area contributed by atoms with Crippen molar-refractivity contribution in [2.24, 2.45) is 0 Å². The highest BCUT2D eigenvalue weighted by Gasteiger charge is 2.14. The van der Waals surface area contributed by atoms with Crippen molar-refractivity contribution in [1.82, 2.24) is 14.9 Å². The molecule has 0 saturated carbocycles. The fourth-order valence-electron chi connectivity index (χ4n) is 2.02. The van der Waals surface area contributed by atoms with Gasteiger partial charge in [0.15, 0.2) is 0 Å². The molecule has 1 N–H and O–H groups in total. The summed E-state index contributed by atoms with van der Waals surface area (Å²) >= 11 is 5.85. The van der Waals surface area contributed by atoms with Crippen molar-refractivity contribution in [2.75, 3.05) is 32.5 Å². The highest BCUT2D eigenvalue weighted by Crippen LogP contribution is 2.25. The molecule has 1 aromatic carbocycles. The van der Waals surface area contributed by atoms with Gasteiger partial charge in [-0.2, -0.15) is 0 Å². The first-order valence-electron chi connectivity index (χ1n) is 7.27. The maximum Gasteiger partial charge on any atom is 0.280 e. The Morgan fingerprint density at radius 2 is 1.87 bits per heavy atom. The molecule has 0 atom stereocenters. The molecule has 0 bridgehead atoms. The summed E-state index contributed by atoms with van der Waals surface area (Å²) in [6, 6.07) is 8.20. The molecule has 0 aliphatic carbocycles. The third-order valence-electron chi connectivity index (χ3n) is 3.17. The molecule has 0 spiro atoms. The van der Waals surface area contributed by atoms with E-state index in [0.717, 1.165) is 18.5 Å². The summed E-state index contributed by atoms with van der Waals surface area (Å²) in [5.74, 6) is 0.214. The zero-order valence-corrected chi connectivity index (χ0v) is 13.8. The number of aromatic nitrogens is 2. The maximum atomic E-state index is 13.1. The van der Waals surface area contributed by atoms with Gasteiger partial charge in [0.05, 0.1) is 5.69 Å². The predicted octanol–water partition coefficient (Wildman–Crippen LogP) is 4.10. The number of anilines is 1. The van der Waals surface area contributed by atoms with Crippen LogP contribution in [0, 0.1) is 0 Å². The van der Waals surface area contributed by atoms with Crippen molar-refractivity contribution in [2.45, 2.75) is 12.8 Å². The van der Waals surface area contributed by atoms with E-state index in [2.05, 4.69) is 20.2 Å². The third-order valence-corrected chi connectivity index (χ3v) is 3.43. The first-order chi connectivity index (χ1) is 11.0. The molecule has 0 radical (unpaired) electrons. The summed E-state index contributed by atoms with van der Waals surface area (Å²) in [5.41, 5.74) is 0.872. The van der Waals surface area contributed by atoms with Gasteiger partial charge in [-0.05, 0) is 45.3 Å². The molecule has 2 aromatic rings. The quantitative estimate of drug-likeness (QED) is 0.770. The first kappa shape index (κ1) is 17.6. The van der Waals surface area contributed by atoms with Crippen LogP contribution in [0.5, 0.6) is 0 Å². The highest BCUT2D eigenvalue weighted by molar-refractivity contribution is 6.30. The molecule has 0 unspecified atom stereocenters. The minimum Gasteiger partial charge on any atom is -0.354 e. The fourth-order valence-corrected chi connectivity index (χ4v) is 2.15. The molecule has 7 heteroatoms. The van der Waals surface area contributed by atoms with Crippen LogP contribution in [0.3, 0.4) is 0 Å². The van der Waals surface area contributed by atoms with Crippen molar-refractivity contribution >= 4 is 17.5 Å². The van der Waals surface area contributed by atoms with Gasteiger partial charge >= 0.3 is 0 Å². The van der Waals surface area contributed by atoms with Crippen LogP contribution >= 0.6 is 11.6 Å².